The molecule has 0 aliphatic heterocycles. The number of nitrogens with zero attached hydrogens (tertiary/aromatic N) is 2. The second-order valence-electron chi connectivity index (χ2n) is 2.66. The summed E-state index contributed by atoms with van der Waals surface area (Å²) in [5, 5.41) is 8.37. The molecule has 15 heavy (non-hydrogen) atoms. The zero-order chi connectivity index (χ0) is 11.4. The first-order valence-electron chi connectivity index (χ1n) is 3.98. The van der Waals surface area contributed by atoms with Crippen LogP contribution in [0.3, 0.4) is 0 Å². The summed E-state index contributed by atoms with van der Waals surface area (Å²) in [6, 6.07) is 2.80. The molecule has 0 bridgehead atoms. The van der Waals surface area contributed by atoms with Crippen LogP contribution in [0.5, 0.6) is 5.88 Å². The monoisotopic (exact) mass is 216 g/mol. The Kier molecular flexibility index (Phi) is 3.50. The summed E-state index contributed by atoms with van der Waals surface area (Å²) < 4.78 is 42.6. The zero-order valence-electron chi connectivity index (χ0n) is 7.80. The molecule has 0 aliphatic carbocycles. The Morgan fingerprint density at radius 2 is 2.27 bits per heavy atom. The minimum atomic E-state index is -3.03. The highest BCUT2D eigenvalue weighted by Crippen LogP contribution is 2.25. The van der Waals surface area contributed by atoms with Gasteiger partial charge in [0.05, 0.1) is 19.6 Å². The van der Waals surface area contributed by atoms with Crippen molar-refractivity contribution < 1.29 is 17.9 Å². The van der Waals surface area contributed by atoms with E-state index < -0.39 is 17.9 Å². The highest BCUT2D eigenvalue weighted by atomic mass is 19.3. The van der Waals surface area contributed by atoms with Crippen molar-refractivity contribution in [1.29, 1.82) is 5.26 Å². The smallest absolute Gasteiger partial charge is 0.283 e. The Balaban J connectivity index is 3.28. The number of nitriles is 1. The first kappa shape index (κ1) is 11.3. The molecule has 0 aliphatic rings. The molecule has 1 aromatic heterocycles. The quantitative estimate of drug-likeness (QED) is 0.778. The fourth-order valence-corrected chi connectivity index (χ4v) is 1.04. The largest absolute Gasteiger partial charge is 0.481 e. The molecule has 1 heterocycles. The number of pyridine rings is 1. The van der Waals surface area contributed by atoms with Gasteiger partial charge in [-0.15, -0.1) is 0 Å². The third kappa shape index (κ3) is 2.37. The van der Waals surface area contributed by atoms with E-state index in [1.807, 2.05) is 0 Å². The van der Waals surface area contributed by atoms with Crippen molar-refractivity contribution in [3.63, 3.8) is 0 Å². The van der Waals surface area contributed by atoms with Crippen molar-refractivity contribution in [2.24, 2.45) is 0 Å². The van der Waals surface area contributed by atoms with Crippen LogP contribution in [0, 0.1) is 17.1 Å². The maximum Gasteiger partial charge on any atom is 0.283 e. The summed E-state index contributed by atoms with van der Waals surface area (Å²) in [4.78, 5) is 3.28. The van der Waals surface area contributed by atoms with E-state index in [-0.39, 0.29) is 17.9 Å². The molecule has 1 aromatic rings. The number of hydrogen-bond donors (Lipinski definition) is 0. The lowest BCUT2D eigenvalue weighted by atomic mass is 10.1. The maximum absolute atomic E-state index is 13.3. The molecular formula is C9H7F3N2O. The summed E-state index contributed by atoms with van der Waals surface area (Å²) in [5.41, 5.74) is -1.13. The van der Waals surface area contributed by atoms with Gasteiger partial charge >= 0.3 is 0 Å². The molecule has 3 nitrogen and oxygen atoms in total. The van der Waals surface area contributed by atoms with Crippen LogP contribution in [0.15, 0.2) is 6.07 Å². The molecule has 80 valence electrons. The first-order chi connectivity index (χ1) is 7.10. The van der Waals surface area contributed by atoms with Crippen LogP contribution in [-0.4, -0.2) is 12.1 Å². The van der Waals surface area contributed by atoms with Gasteiger partial charge in [-0.1, -0.05) is 0 Å². The number of methoxy groups -OCH3 is 1. The Labute approximate surface area is 84.1 Å². The number of ether oxygens (including phenoxy) is 1. The molecule has 0 fully saturated rings. The number of rotatable bonds is 3. The maximum atomic E-state index is 13.3. The van der Waals surface area contributed by atoms with Crippen molar-refractivity contribution in [3.8, 4) is 11.9 Å². The highest BCUT2D eigenvalue weighted by molar-refractivity contribution is 5.29. The van der Waals surface area contributed by atoms with E-state index in [2.05, 4.69) is 9.72 Å². The summed E-state index contributed by atoms with van der Waals surface area (Å²) in [5.74, 6) is -1.27. The van der Waals surface area contributed by atoms with Crippen LogP contribution in [0.25, 0.3) is 0 Å². The van der Waals surface area contributed by atoms with E-state index in [0.29, 0.717) is 0 Å². The standard InChI is InChI=1S/C9H7F3N2O/c1-15-6-4-5(2-3-13)7(10)8(14-6)9(11)12/h4,9H,2H2,1H3. The average Bonchev–Trinajstić information content (AvgIpc) is 2.21. The van der Waals surface area contributed by atoms with Gasteiger partial charge in [0.2, 0.25) is 5.88 Å². The van der Waals surface area contributed by atoms with Crippen LogP contribution in [0.4, 0.5) is 13.2 Å². The van der Waals surface area contributed by atoms with Crippen LogP contribution >= 0.6 is 0 Å². The van der Waals surface area contributed by atoms with Crippen molar-refractivity contribution in [2.75, 3.05) is 7.11 Å². The first-order valence-corrected chi connectivity index (χ1v) is 3.98. The van der Waals surface area contributed by atoms with Crippen molar-refractivity contribution in [2.45, 2.75) is 12.8 Å². The van der Waals surface area contributed by atoms with Crippen LogP contribution < -0.4 is 4.74 Å². The molecule has 0 amide bonds. The van der Waals surface area contributed by atoms with Gasteiger partial charge in [0.15, 0.2) is 5.82 Å². The molecule has 0 spiro atoms. The molecular weight excluding hydrogens is 209 g/mol. The Bertz CT molecular complexity index is 401. The number of alkyl halides is 2. The average molecular weight is 216 g/mol. The van der Waals surface area contributed by atoms with Gasteiger partial charge in [-0.3, -0.25) is 0 Å². The van der Waals surface area contributed by atoms with E-state index in [9.17, 15) is 13.2 Å². The predicted octanol–water partition coefficient (Wildman–Crippen LogP) is 2.23. The summed E-state index contributed by atoms with van der Waals surface area (Å²) >= 11 is 0. The Morgan fingerprint density at radius 3 is 2.73 bits per heavy atom. The minimum absolute atomic E-state index is 0.128. The molecule has 0 unspecified atom stereocenters. The van der Waals surface area contributed by atoms with E-state index >= 15 is 0 Å². The normalized spacial score (nSPS) is 10.1. The number of aromatic nitrogens is 1. The summed E-state index contributed by atoms with van der Waals surface area (Å²) in [7, 11) is 1.23. The second kappa shape index (κ2) is 4.64. The second-order valence-corrected chi connectivity index (χ2v) is 2.66. The van der Waals surface area contributed by atoms with Gasteiger partial charge in [0, 0.05) is 11.6 Å². The van der Waals surface area contributed by atoms with Gasteiger partial charge in [0.25, 0.3) is 6.43 Å². The number of hydrogen-bond acceptors (Lipinski definition) is 3. The lowest BCUT2D eigenvalue weighted by Crippen LogP contribution is -2.03. The zero-order valence-corrected chi connectivity index (χ0v) is 7.80. The minimum Gasteiger partial charge on any atom is -0.481 e. The molecule has 0 saturated heterocycles. The topological polar surface area (TPSA) is 45.9 Å². The Hall–Kier alpha value is -1.77. The lowest BCUT2D eigenvalue weighted by Gasteiger charge is -2.07. The van der Waals surface area contributed by atoms with Gasteiger partial charge in [0.1, 0.15) is 5.69 Å². The number of halogens is 3. The van der Waals surface area contributed by atoms with Gasteiger partial charge < -0.3 is 4.74 Å². The van der Waals surface area contributed by atoms with E-state index in [1.54, 1.807) is 6.07 Å². The van der Waals surface area contributed by atoms with E-state index in [4.69, 9.17) is 5.26 Å². The van der Waals surface area contributed by atoms with Gasteiger partial charge in [-0.25, -0.2) is 18.2 Å². The Morgan fingerprint density at radius 1 is 1.60 bits per heavy atom. The molecule has 0 radical (unpaired) electrons. The van der Waals surface area contributed by atoms with E-state index in [0.717, 1.165) is 6.07 Å². The summed E-state index contributed by atoms with van der Waals surface area (Å²) in [6.45, 7) is 0. The predicted molar refractivity (Wildman–Crippen MR) is 45.0 cm³/mol. The van der Waals surface area contributed by atoms with Crippen LogP contribution in [-0.2, 0) is 6.42 Å². The van der Waals surface area contributed by atoms with Crippen LogP contribution in [0.2, 0.25) is 0 Å². The highest BCUT2D eigenvalue weighted by Gasteiger charge is 2.20. The van der Waals surface area contributed by atoms with Gasteiger partial charge in [-0.2, -0.15) is 5.26 Å². The summed E-state index contributed by atoms with van der Waals surface area (Å²) in [6.07, 6.45) is -3.33. The SMILES string of the molecule is COc1cc(CC#N)c(F)c(C(F)F)n1. The molecule has 0 saturated carbocycles. The molecule has 1 rings (SSSR count). The molecule has 0 N–H and O–H groups in total. The lowest BCUT2D eigenvalue weighted by molar-refractivity contribution is 0.139. The third-order valence-electron chi connectivity index (χ3n) is 1.72. The van der Waals surface area contributed by atoms with Crippen molar-refractivity contribution >= 4 is 0 Å². The fraction of sp³-hybridized carbons (Fsp3) is 0.333. The molecule has 6 heteroatoms. The third-order valence-corrected chi connectivity index (χ3v) is 1.72. The van der Waals surface area contributed by atoms with Crippen LogP contribution in [0.1, 0.15) is 17.7 Å². The van der Waals surface area contributed by atoms with Gasteiger partial charge in [-0.05, 0) is 0 Å². The fourth-order valence-electron chi connectivity index (χ4n) is 1.04. The molecule has 0 aromatic carbocycles. The van der Waals surface area contributed by atoms with Crippen molar-refractivity contribution in [3.05, 3.63) is 23.1 Å². The van der Waals surface area contributed by atoms with Crippen molar-refractivity contribution in [1.82, 2.24) is 4.98 Å². The molecule has 0 atom stereocenters. The van der Waals surface area contributed by atoms with E-state index in [1.165, 1.54) is 7.11 Å².